The fourth-order valence-corrected chi connectivity index (χ4v) is 4.66. The molecule has 0 saturated carbocycles. The summed E-state index contributed by atoms with van der Waals surface area (Å²) in [6.45, 7) is 9.08. The van der Waals surface area contributed by atoms with E-state index in [1.54, 1.807) is 0 Å². The zero-order valence-corrected chi connectivity index (χ0v) is 18.7. The van der Waals surface area contributed by atoms with Gasteiger partial charge in [-0.1, -0.05) is 18.7 Å². The van der Waals surface area contributed by atoms with E-state index in [9.17, 15) is 0 Å². The van der Waals surface area contributed by atoms with E-state index >= 15 is 0 Å². The van der Waals surface area contributed by atoms with Gasteiger partial charge in [0.25, 0.3) is 11.9 Å². The van der Waals surface area contributed by atoms with Gasteiger partial charge in [0.05, 0.1) is 0 Å². The lowest BCUT2D eigenvalue weighted by molar-refractivity contribution is -0.135. The average molecular weight is 430 g/mol. The summed E-state index contributed by atoms with van der Waals surface area (Å²) in [7, 11) is 2.13. The first-order valence-corrected chi connectivity index (χ1v) is 11.1. The maximum Gasteiger partial charge on any atom is 0.300 e. The minimum absolute atomic E-state index is 0.580. The normalized spacial score (nSPS) is 19.7. The molecule has 0 spiro atoms. The molecule has 1 unspecified atom stereocenters. The van der Waals surface area contributed by atoms with E-state index in [1.165, 1.54) is 44.6 Å². The molecule has 1 aromatic heterocycles. The van der Waals surface area contributed by atoms with Crippen LogP contribution in [0.5, 0.6) is 0 Å². The number of rotatable bonds is 5. The lowest BCUT2D eigenvalue weighted by Crippen LogP contribution is -2.31. The molecule has 166 valence electrons. The third kappa shape index (κ3) is 9.60. The second-order valence-corrected chi connectivity index (χ2v) is 8.18. The van der Waals surface area contributed by atoms with Gasteiger partial charge in [-0.2, -0.15) is 0 Å². The van der Waals surface area contributed by atoms with Crippen LogP contribution < -0.4 is 5.32 Å². The summed E-state index contributed by atoms with van der Waals surface area (Å²) in [5.74, 6) is 1.24. The second-order valence-electron chi connectivity index (χ2n) is 7.20. The van der Waals surface area contributed by atoms with Crippen LogP contribution in [-0.4, -0.2) is 79.8 Å². The fraction of sp³-hybridized carbons (Fsp3) is 0.789. The topological polar surface area (TPSA) is 121 Å². The van der Waals surface area contributed by atoms with Crippen LogP contribution in [0.3, 0.4) is 0 Å². The number of hydrogen-bond donors (Lipinski definition) is 3. The Kier molecular flexibility index (Phi) is 11.9. The van der Waals surface area contributed by atoms with Crippen molar-refractivity contribution in [3.63, 3.8) is 0 Å². The smallest absolute Gasteiger partial charge is 0.300 e. The summed E-state index contributed by atoms with van der Waals surface area (Å²) in [6.07, 6.45) is 5.05. The molecule has 2 aliphatic heterocycles. The van der Waals surface area contributed by atoms with E-state index in [1.807, 2.05) is 11.8 Å². The molecule has 0 bridgehead atoms. The van der Waals surface area contributed by atoms with Gasteiger partial charge >= 0.3 is 0 Å². The van der Waals surface area contributed by atoms with Crippen LogP contribution in [0.1, 0.15) is 58.2 Å². The molecular formula is C19H35N5O4S. The molecule has 2 fully saturated rings. The van der Waals surface area contributed by atoms with Crippen molar-refractivity contribution in [2.75, 3.05) is 31.9 Å². The standard InChI is InChI=1S/C15H27N5S.2C2H4O2/c1-3-20-10-4-5-13(20)11-21-15-18-17-14(19(15)2)12-6-8-16-9-7-12;2*1-2(3)4/h12-13,16H,3-11H2,1-2H3;2*1H3,(H,3,4). The lowest BCUT2D eigenvalue weighted by atomic mass is 9.97. The third-order valence-electron chi connectivity index (χ3n) is 4.88. The maximum atomic E-state index is 9.00. The number of aromatic nitrogens is 3. The number of hydrogen-bond acceptors (Lipinski definition) is 7. The first-order chi connectivity index (χ1) is 13.8. The number of nitrogens with zero attached hydrogens (tertiary/aromatic N) is 4. The van der Waals surface area contributed by atoms with Gasteiger partial charge in [-0.05, 0) is 51.9 Å². The highest BCUT2D eigenvalue weighted by Crippen LogP contribution is 2.28. The Morgan fingerprint density at radius 2 is 1.72 bits per heavy atom. The van der Waals surface area contributed by atoms with Gasteiger partial charge in [-0.3, -0.25) is 14.5 Å². The molecule has 1 atom stereocenters. The van der Waals surface area contributed by atoms with Crippen molar-refractivity contribution in [3.8, 4) is 0 Å². The molecule has 0 radical (unpaired) electrons. The van der Waals surface area contributed by atoms with Gasteiger partial charge in [-0.15, -0.1) is 10.2 Å². The summed E-state index contributed by atoms with van der Waals surface area (Å²) in [4.78, 5) is 20.6. The van der Waals surface area contributed by atoms with Crippen LogP contribution in [0.15, 0.2) is 5.16 Å². The zero-order valence-electron chi connectivity index (χ0n) is 17.9. The number of carboxylic acid groups (broad SMARTS) is 2. The molecule has 29 heavy (non-hydrogen) atoms. The second kappa shape index (κ2) is 13.6. The molecule has 3 N–H and O–H groups in total. The Morgan fingerprint density at radius 3 is 2.28 bits per heavy atom. The van der Waals surface area contributed by atoms with Crippen molar-refractivity contribution < 1.29 is 19.8 Å². The molecule has 3 heterocycles. The third-order valence-corrected chi connectivity index (χ3v) is 6.05. The van der Waals surface area contributed by atoms with Crippen LogP contribution in [0, 0.1) is 0 Å². The van der Waals surface area contributed by atoms with E-state index in [2.05, 4.69) is 39.0 Å². The van der Waals surface area contributed by atoms with Gasteiger partial charge in [0.2, 0.25) is 0 Å². The minimum atomic E-state index is -0.833. The van der Waals surface area contributed by atoms with E-state index in [0.717, 1.165) is 43.9 Å². The van der Waals surface area contributed by atoms with Crippen molar-refractivity contribution >= 4 is 23.7 Å². The zero-order chi connectivity index (χ0) is 21.8. The molecule has 9 nitrogen and oxygen atoms in total. The molecule has 3 rings (SSSR count). The highest BCUT2D eigenvalue weighted by atomic mass is 32.2. The van der Waals surface area contributed by atoms with Gasteiger partial charge in [-0.25, -0.2) is 0 Å². The van der Waals surface area contributed by atoms with Crippen molar-refractivity contribution in [2.45, 2.75) is 63.6 Å². The molecular weight excluding hydrogens is 394 g/mol. The monoisotopic (exact) mass is 429 g/mol. The highest BCUT2D eigenvalue weighted by Gasteiger charge is 2.25. The Labute approximate surface area is 177 Å². The number of thioether (sulfide) groups is 1. The van der Waals surface area contributed by atoms with Crippen molar-refractivity contribution in [1.29, 1.82) is 0 Å². The molecule has 2 saturated heterocycles. The minimum Gasteiger partial charge on any atom is -0.481 e. The molecule has 0 aliphatic carbocycles. The SMILES string of the molecule is CC(=O)O.CC(=O)O.CCN1CCCC1CSc1nnc(C2CCNCC2)n1C. The van der Waals surface area contributed by atoms with E-state index < -0.39 is 11.9 Å². The molecule has 10 heteroatoms. The molecule has 1 aromatic rings. The van der Waals surface area contributed by atoms with Crippen molar-refractivity contribution in [1.82, 2.24) is 25.0 Å². The van der Waals surface area contributed by atoms with Crippen LogP contribution in [0.2, 0.25) is 0 Å². The number of likely N-dealkylation sites (tertiary alicyclic amines) is 1. The van der Waals surface area contributed by atoms with E-state index in [-0.39, 0.29) is 0 Å². The van der Waals surface area contributed by atoms with Gasteiger partial charge in [0.1, 0.15) is 5.82 Å². The Hall–Kier alpha value is -1.65. The van der Waals surface area contributed by atoms with Crippen LogP contribution in [0.25, 0.3) is 0 Å². The number of piperidine rings is 1. The number of nitrogens with one attached hydrogen (secondary N) is 1. The van der Waals surface area contributed by atoms with Gasteiger partial charge < -0.3 is 20.1 Å². The first kappa shape index (κ1) is 25.4. The Morgan fingerprint density at radius 1 is 1.14 bits per heavy atom. The Balaban J connectivity index is 0.000000452. The first-order valence-electron chi connectivity index (χ1n) is 10.1. The lowest BCUT2D eigenvalue weighted by Gasteiger charge is -2.22. The van der Waals surface area contributed by atoms with Gasteiger partial charge in [0.15, 0.2) is 5.16 Å². The molecule has 0 aromatic carbocycles. The van der Waals surface area contributed by atoms with Crippen LogP contribution in [0.4, 0.5) is 0 Å². The van der Waals surface area contributed by atoms with Gasteiger partial charge in [0, 0.05) is 38.6 Å². The molecule has 2 aliphatic rings. The van der Waals surface area contributed by atoms with Crippen LogP contribution >= 0.6 is 11.8 Å². The van der Waals surface area contributed by atoms with Crippen molar-refractivity contribution in [2.24, 2.45) is 7.05 Å². The van der Waals surface area contributed by atoms with Crippen LogP contribution in [-0.2, 0) is 16.6 Å². The summed E-state index contributed by atoms with van der Waals surface area (Å²) in [5.41, 5.74) is 0. The predicted octanol–water partition coefficient (Wildman–Crippen LogP) is 2.04. The summed E-state index contributed by atoms with van der Waals surface area (Å²) >= 11 is 1.88. The van der Waals surface area contributed by atoms with E-state index in [0.29, 0.717) is 5.92 Å². The van der Waals surface area contributed by atoms with Crippen molar-refractivity contribution in [3.05, 3.63) is 5.82 Å². The molecule has 0 amide bonds. The van der Waals surface area contributed by atoms with E-state index in [4.69, 9.17) is 19.8 Å². The number of carboxylic acids is 2. The highest BCUT2D eigenvalue weighted by molar-refractivity contribution is 7.99. The quantitative estimate of drug-likeness (QED) is 0.604. The Bertz CT molecular complexity index is 614. The number of aliphatic carboxylic acids is 2. The average Bonchev–Trinajstić information content (AvgIpc) is 3.26. The predicted molar refractivity (Wildman–Crippen MR) is 113 cm³/mol. The number of carbonyl (C=O) groups is 2. The fourth-order valence-electron chi connectivity index (χ4n) is 3.56. The summed E-state index contributed by atoms with van der Waals surface area (Å²) in [6, 6.07) is 0.721. The summed E-state index contributed by atoms with van der Waals surface area (Å²) < 4.78 is 2.23. The summed E-state index contributed by atoms with van der Waals surface area (Å²) in [5, 5.41) is 28.3. The maximum absolute atomic E-state index is 9.00. The largest absolute Gasteiger partial charge is 0.481 e.